The molecular formula is C26H29ClN2O3S. The fraction of sp³-hybridized carbons (Fsp3) is 0.269. The van der Waals surface area contributed by atoms with Crippen molar-refractivity contribution in [2.45, 2.75) is 30.2 Å². The average molecular weight is 485 g/mol. The zero-order chi connectivity index (χ0) is 24.4. The topological polar surface area (TPSA) is 66.5 Å². The summed E-state index contributed by atoms with van der Waals surface area (Å²) in [5.74, 6) is -0.155. The molecule has 1 unspecified atom stereocenters. The molecule has 1 amide bonds. The summed E-state index contributed by atoms with van der Waals surface area (Å²) < 4.78 is 23.8. The van der Waals surface area contributed by atoms with Gasteiger partial charge in [-0.1, -0.05) is 48.0 Å². The van der Waals surface area contributed by atoms with Crippen LogP contribution in [-0.4, -0.2) is 34.7 Å². The number of nitrogens with zero attached hydrogens (tertiary/aromatic N) is 1. The molecule has 0 aromatic heterocycles. The van der Waals surface area contributed by atoms with Gasteiger partial charge in [0, 0.05) is 31.1 Å². The molecule has 0 aliphatic carbocycles. The van der Waals surface area contributed by atoms with Gasteiger partial charge >= 0.3 is 0 Å². The SMILES string of the molecule is CN(C)c1cccc(C(NC(=O)C(C)(C)c2ccc(Cl)cc2)c2ccc(S(C)(=O)=O)cc2)c1. The zero-order valence-corrected chi connectivity index (χ0v) is 21.0. The number of anilines is 1. The Kier molecular flexibility index (Phi) is 7.20. The van der Waals surface area contributed by atoms with E-state index in [1.54, 1.807) is 36.4 Å². The van der Waals surface area contributed by atoms with Crippen molar-refractivity contribution in [1.29, 1.82) is 0 Å². The van der Waals surface area contributed by atoms with Crippen LogP contribution in [0.3, 0.4) is 0 Å². The van der Waals surface area contributed by atoms with Gasteiger partial charge < -0.3 is 10.2 Å². The molecule has 0 fully saturated rings. The van der Waals surface area contributed by atoms with Crippen LogP contribution in [-0.2, 0) is 20.0 Å². The fourth-order valence-electron chi connectivity index (χ4n) is 3.56. The number of hydrogen-bond donors (Lipinski definition) is 1. The monoisotopic (exact) mass is 484 g/mol. The van der Waals surface area contributed by atoms with E-state index in [9.17, 15) is 13.2 Å². The first-order valence-corrected chi connectivity index (χ1v) is 12.8. The van der Waals surface area contributed by atoms with E-state index in [4.69, 9.17) is 11.6 Å². The third-order valence-corrected chi connectivity index (χ3v) is 7.15. The summed E-state index contributed by atoms with van der Waals surface area (Å²) in [6.07, 6.45) is 1.18. The lowest BCUT2D eigenvalue weighted by atomic mass is 9.83. The Morgan fingerprint density at radius 1 is 0.939 bits per heavy atom. The van der Waals surface area contributed by atoms with E-state index in [-0.39, 0.29) is 10.8 Å². The molecular weight excluding hydrogens is 456 g/mol. The normalized spacial score (nSPS) is 12.8. The standard InChI is InChI=1S/C26H29ClN2O3S/c1-26(2,20-11-13-21(27)14-12-20)25(30)28-24(19-7-6-8-22(17-19)29(3)4)18-9-15-23(16-10-18)33(5,31)32/h6-17,24H,1-5H3,(H,28,30). The molecule has 1 atom stereocenters. The predicted octanol–water partition coefficient (Wildman–Crippen LogP) is 4.99. The Morgan fingerprint density at radius 3 is 2.09 bits per heavy atom. The number of hydrogen-bond acceptors (Lipinski definition) is 4. The van der Waals surface area contributed by atoms with Crippen LogP contribution in [0.2, 0.25) is 5.02 Å². The Hall–Kier alpha value is -2.83. The minimum atomic E-state index is -3.32. The number of rotatable bonds is 7. The van der Waals surface area contributed by atoms with E-state index in [0.717, 1.165) is 22.4 Å². The van der Waals surface area contributed by atoms with Gasteiger partial charge in [-0.2, -0.15) is 0 Å². The van der Waals surface area contributed by atoms with Crippen LogP contribution in [0.1, 0.15) is 36.6 Å². The predicted molar refractivity (Wildman–Crippen MR) is 135 cm³/mol. The molecule has 0 aliphatic heterocycles. The maximum atomic E-state index is 13.5. The second-order valence-corrected chi connectivity index (χ2v) is 11.3. The molecule has 3 rings (SSSR count). The van der Waals surface area contributed by atoms with Crippen LogP contribution in [0.4, 0.5) is 5.69 Å². The Bertz CT molecular complexity index is 1240. The second-order valence-electron chi connectivity index (χ2n) is 8.87. The highest BCUT2D eigenvalue weighted by atomic mass is 35.5. The molecule has 0 bridgehead atoms. The van der Waals surface area contributed by atoms with Crippen LogP contribution >= 0.6 is 11.6 Å². The van der Waals surface area contributed by atoms with Gasteiger partial charge in [-0.15, -0.1) is 0 Å². The molecule has 0 aliphatic rings. The van der Waals surface area contributed by atoms with Crippen LogP contribution in [0.15, 0.2) is 77.7 Å². The average Bonchev–Trinajstić information content (AvgIpc) is 2.77. The van der Waals surface area contributed by atoms with E-state index >= 15 is 0 Å². The maximum Gasteiger partial charge on any atom is 0.230 e. The molecule has 0 saturated carbocycles. The highest BCUT2D eigenvalue weighted by Crippen LogP contribution is 2.30. The van der Waals surface area contributed by atoms with Crippen LogP contribution < -0.4 is 10.2 Å². The van der Waals surface area contributed by atoms with Crippen LogP contribution in [0.5, 0.6) is 0 Å². The third-order valence-electron chi connectivity index (χ3n) is 5.77. The van der Waals surface area contributed by atoms with Gasteiger partial charge in [-0.05, 0) is 66.9 Å². The van der Waals surface area contributed by atoms with Gasteiger partial charge in [-0.3, -0.25) is 4.79 Å². The van der Waals surface area contributed by atoms with E-state index in [1.807, 2.05) is 69.2 Å². The molecule has 1 N–H and O–H groups in total. The molecule has 0 radical (unpaired) electrons. The molecule has 174 valence electrons. The fourth-order valence-corrected chi connectivity index (χ4v) is 4.31. The van der Waals surface area contributed by atoms with Crippen molar-refractivity contribution < 1.29 is 13.2 Å². The Morgan fingerprint density at radius 2 is 1.55 bits per heavy atom. The van der Waals surface area contributed by atoms with Gasteiger partial charge in [0.05, 0.1) is 16.4 Å². The van der Waals surface area contributed by atoms with Crippen LogP contribution in [0, 0.1) is 0 Å². The minimum Gasteiger partial charge on any atom is -0.378 e. The third kappa shape index (κ3) is 5.75. The molecule has 7 heteroatoms. The number of nitrogens with one attached hydrogen (secondary N) is 1. The van der Waals surface area contributed by atoms with Crippen molar-refractivity contribution in [3.63, 3.8) is 0 Å². The maximum absolute atomic E-state index is 13.5. The van der Waals surface area contributed by atoms with E-state index in [1.165, 1.54) is 6.26 Å². The van der Waals surface area contributed by atoms with E-state index < -0.39 is 21.3 Å². The molecule has 3 aromatic rings. The minimum absolute atomic E-state index is 0.155. The second kappa shape index (κ2) is 9.57. The molecule has 33 heavy (non-hydrogen) atoms. The lowest BCUT2D eigenvalue weighted by molar-refractivity contribution is -0.126. The molecule has 0 spiro atoms. The van der Waals surface area contributed by atoms with Crippen molar-refractivity contribution in [2.24, 2.45) is 0 Å². The zero-order valence-electron chi connectivity index (χ0n) is 19.5. The number of benzene rings is 3. The van der Waals surface area contributed by atoms with Crippen molar-refractivity contribution in [1.82, 2.24) is 5.32 Å². The Labute approximate surface area is 201 Å². The number of carbonyl (C=O) groups excluding carboxylic acids is 1. The smallest absolute Gasteiger partial charge is 0.230 e. The molecule has 3 aromatic carbocycles. The first-order valence-electron chi connectivity index (χ1n) is 10.5. The summed E-state index contributed by atoms with van der Waals surface area (Å²) in [5, 5.41) is 3.80. The van der Waals surface area contributed by atoms with Crippen molar-refractivity contribution in [2.75, 3.05) is 25.3 Å². The Balaban J connectivity index is 2.02. The van der Waals surface area contributed by atoms with Crippen molar-refractivity contribution >= 4 is 33.0 Å². The number of halogens is 1. The highest BCUT2D eigenvalue weighted by Gasteiger charge is 2.32. The summed E-state index contributed by atoms with van der Waals surface area (Å²) in [4.78, 5) is 15.7. The first kappa shape index (κ1) is 24.8. The summed E-state index contributed by atoms with van der Waals surface area (Å²) in [7, 11) is 0.593. The van der Waals surface area contributed by atoms with Gasteiger partial charge in [0.25, 0.3) is 0 Å². The molecule has 0 saturated heterocycles. The van der Waals surface area contributed by atoms with Gasteiger partial charge in [0.1, 0.15) is 0 Å². The van der Waals surface area contributed by atoms with Gasteiger partial charge in [0.15, 0.2) is 9.84 Å². The quantitative estimate of drug-likeness (QED) is 0.513. The van der Waals surface area contributed by atoms with Crippen molar-refractivity contribution in [3.05, 3.63) is 94.5 Å². The molecule has 0 heterocycles. The molecule has 5 nitrogen and oxygen atoms in total. The van der Waals surface area contributed by atoms with E-state index in [0.29, 0.717) is 5.02 Å². The largest absolute Gasteiger partial charge is 0.378 e. The number of amides is 1. The van der Waals surface area contributed by atoms with Crippen molar-refractivity contribution in [3.8, 4) is 0 Å². The summed E-state index contributed by atoms with van der Waals surface area (Å²) in [6, 6.07) is 21.3. The first-order chi connectivity index (χ1) is 15.4. The highest BCUT2D eigenvalue weighted by molar-refractivity contribution is 7.90. The van der Waals surface area contributed by atoms with Gasteiger partial charge in [-0.25, -0.2) is 8.42 Å². The number of sulfone groups is 1. The lowest BCUT2D eigenvalue weighted by Gasteiger charge is -2.29. The van der Waals surface area contributed by atoms with E-state index in [2.05, 4.69) is 5.32 Å². The summed E-state index contributed by atoms with van der Waals surface area (Å²) in [6.45, 7) is 3.73. The summed E-state index contributed by atoms with van der Waals surface area (Å²) in [5.41, 5.74) is 2.72. The van der Waals surface area contributed by atoms with Crippen LogP contribution in [0.25, 0.3) is 0 Å². The number of carbonyl (C=O) groups is 1. The van der Waals surface area contributed by atoms with Gasteiger partial charge in [0.2, 0.25) is 5.91 Å². The lowest BCUT2D eigenvalue weighted by Crippen LogP contribution is -2.42. The summed E-state index contributed by atoms with van der Waals surface area (Å²) >= 11 is 6.02.